The minimum atomic E-state index is -0.115. The number of nitrogens with one attached hydrogen (secondary N) is 1. The molecule has 1 atom stereocenters. The summed E-state index contributed by atoms with van der Waals surface area (Å²) in [5.74, 6) is 0.860. The number of nitrogens with zero attached hydrogens (tertiary/aromatic N) is 1. The lowest BCUT2D eigenvalue weighted by molar-refractivity contribution is 0.0948. The number of nitriles is 1. The second-order valence-electron chi connectivity index (χ2n) is 3.98. The highest BCUT2D eigenvalue weighted by molar-refractivity contribution is 6.17. The van der Waals surface area contributed by atoms with E-state index in [9.17, 15) is 4.79 Å². The molecule has 1 aromatic carbocycles. The molecule has 0 spiro atoms. The van der Waals surface area contributed by atoms with E-state index in [0.717, 1.165) is 6.42 Å². The first kappa shape index (κ1) is 13.5. The largest absolute Gasteiger partial charge is 0.352 e. The smallest absolute Gasteiger partial charge is 0.251 e. The number of hydrogen-bond acceptors (Lipinski definition) is 2. The molecule has 4 heteroatoms. The van der Waals surface area contributed by atoms with Crippen molar-refractivity contribution >= 4 is 17.5 Å². The molecule has 0 aliphatic heterocycles. The Kier molecular flexibility index (Phi) is 5.51. The van der Waals surface area contributed by atoms with E-state index < -0.39 is 0 Å². The number of benzene rings is 1. The highest BCUT2D eigenvalue weighted by atomic mass is 35.5. The number of amides is 1. The zero-order valence-corrected chi connectivity index (χ0v) is 10.5. The molecule has 0 fully saturated rings. The van der Waals surface area contributed by atoms with Gasteiger partial charge in [0.1, 0.15) is 0 Å². The summed E-state index contributed by atoms with van der Waals surface area (Å²) in [6.07, 6.45) is 0.884. The zero-order chi connectivity index (χ0) is 12.7. The molecule has 0 aliphatic rings. The van der Waals surface area contributed by atoms with Crippen molar-refractivity contribution < 1.29 is 4.79 Å². The maximum absolute atomic E-state index is 11.7. The highest BCUT2D eigenvalue weighted by Crippen LogP contribution is 2.05. The van der Waals surface area contributed by atoms with Gasteiger partial charge in [-0.1, -0.05) is 6.92 Å². The lowest BCUT2D eigenvalue weighted by Crippen LogP contribution is -2.28. The van der Waals surface area contributed by atoms with Crippen molar-refractivity contribution in [2.45, 2.75) is 13.3 Å². The van der Waals surface area contributed by atoms with Crippen LogP contribution in [0.3, 0.4) is 0 Å². The lowest BCUT2D eigenvalue weighted by atomic mass is 10.1. The summed E-state index contributed by atoms with van der Waals surface area (Å²) in [5.41, 5.74) is 1.12. The number of carbonyl (C=O) groups is 1. The highest BCUT2D eigenvalue weighted by Gasteiger charge is 2.07. The molecule has 1 unspecified atom stereocenters. The predicted molar refractivity (Wildman–Crippen MR) is 68.0 cm³/mol. The van der Waals surface area contributed by atoms with E-state index in [4.69, 9.17) is 16.9 Å². The van der Waals surface area contributed by atoms with E-state index in [1.165, 1.54) is 0 Å². The summed E-state index contributed by atoms with van der Waals surface area (Å²) in [7, 11) is 0. The van der Waals surface area contributed by atoms with Crippen LogP contribution in [-0.4, -0.2) is 18.3 Å². The molecule has 0 saturated heterocycles. The summed E-state index contributed by atoms with van der Waals surface area (Å²) in [4.78, 5) is 11.7. The zero-order valence-electron chi connectivity index (χ0n) is 9.74. The molecule has 90 valence electrons. The molecule has 1 rings (SSSR count). The Morgan fingerprint density at radius 3 is 2.65 bits per heavy atom. The van der Waals surface area contributed by atoms with E-state index >= 15 is 0 Å². The van der Waals surface area contributed by atoms with Crippen LogP contribution in [0.5, 0.6) is 0 Å². The molecule has 1 N–H and O–H groups in total. The van der Waals surface area contributed by atoms with Gasteiger partial charge < -0.3 is 5.32 Å². The van der Waals surface area contributed by atoms with Crippen molar-refractivity contribution in [3.05, 3.63) is 35.4 Å². The Labute approximate surface area is 106 Å². The van der Waals surface area contributed by atoms with Gasteiger partial charge in [0.15, 0.2) is 0 Å². The van der Waals surface area contributed by atoms with Crippen molar-refractivity contribution in [3.63, 3.8) is 0 Å². The molecule has 0 bridgehead atoms. The van der Waals surface area contributed by atoms with Crippen LogP contribution in [0.25, 0.3) is 0 Å². The summed E-state index contributed by atoms with van der Waals surface area (Å²) < 4.78 is 0. The Hall–Kier alpha value is -1.53. The van der Waals surface area contributed by atoms with Gasteiger partial charge in [-0.2, -0.15) is 5.26 Å². The van der Waals surface area contributed by atoms with Crippen molar-refractivity contribution in [1.29, 1.82) is 5.26 Å². The Morgan fingerprint density at radius 1 is 1.47 bits per heavy atom. The van der Waals surface area contributed by atoms with Crippen LogP contribution in [0.2, 0.25) is 0 Å². The minimum Gasteiger partial charge on any atom is -0.352 e. The Balaban J connectivity index is 2.50. The minimum absolute atomic E-state index is 0.115. The number of carbonyl (C=O) groups excluding carboxylic acids is 1. The Bertz CT molecular complexity index is 408. The van der Waals surface area contributed by atoms with Gasteiger partial charge in [-0.25, -0.2) is 0 Å². The molecule has 1 aromatic rings. The summed E-state index contributed by atoms with van der Waals surface area (Å²) in [5, 5.41) is 11.5. The van der Waals surface area contributed by atoms with Crippen LogP contribution in [0, 0.1) is 17.2 Å². The van der Waals surface area contributed by atoms with Gasteiger partial charge in [0, 0.05) is 18.0 Å². The van der Waals surface area contributed by atoms with Crippen LogP contribution in [-0.2, 0) is 0 Å². The number of halogens is 1. The van der Waals surface area contributed by atoms with Gasteiger partial charge in [0.25, 0.3) is 5.91 Å². The number of alkyl halides is 1. The van der Waals surface area contributed by atoms with Crippen molar-refractivity contribution in [1.82, 2.24) is 5.32 Å². The fraction of sp³-hybridized carbons (Fsp3) is 0.385. The van der Waals surface area contributed by atoms with E-state index in [2.05, 4.69) is 5.32 Å². The molecule has 1 amide bonds. The number of rotatable bonds is 5. The maximum Gasteiger partial charge on any atom is 0.251 e. The van der Waals surface area contributed by atoms with Gasteiger partial charge >= 0.3 is 0 Å². The third-order valence-electron chi connectivity index (χ3n) is 2.49. The Morgan fingerprint density at radius 2 is 2.12 bits per heavy atom. The first-order valence-electron chi connectivity index (χ1n) is 5.51. The average Bonchev–Trinajstić information content (AvgIpc) is 2.36. The third-order valence-corrected chi connectivity index (χ3v) is 2.71. The standard InChI is InChI=1S/C13H15ClN2O/c1-10(6-7-14)9-16-13(17)12-4-2-11(8-15)3-5-12/h2-5,10H,6-7,9H2,1H3,(H,16,17). The van der Waals surface area contributed by atoms with E-state index in [0.29, 0.717) is 29.5 Å². The molecule has 0 saturated carbocycles. The molecule has 17 heavy (non-hydrogen) atoms. The van der Waals surface area contributed by atoms with E-state index in [-0.39, 0.29) is 5.91 Å². The van der Waals surface area contributed by atoms with Crippen LogP contribution in [0.1, 0.15) is 29.3 Å². The first-order chi connectivity index (χ1) is 8.17. The van der Waals surface area contributed by atoms with Crippen LogP contribution < -0.4 is 5.32 Å². The van der Waals surface area contributed by atoms with Crippen molar-refractivity contribution in [3.8, 4) is 6.07 Å². The van der Waals surface area contributed by atoms with Crippen molar-refractivity contribution in [2.75, 3.05) is 12.4 Å². The van der Waals surface area contributed by atoms with Gasteiger partial charge in [0.05, 0.1) is 11.6 Å². The summed E-state index contributed by atoms with van der Waals surface area (Å²) in [6, 6.07) is 8.59. The van der Waals surface area contributed by atoms with Crippen molar-refractivity contribution in [2.24, 2.45) is 5.92 Å². The van der Waals surface area contributed by atoms with Gasteiger partial charge in [-0.05, 0) is 36.6 Å². The molecule has 3 nitrogen and oxygen atoms in total. The molecule has 0 aliphatic carbocycles. The molecule has 0 radical (unpaired) electrons. The normalized spacial score (nSPS) is 11.6. The van der Waals surface area contributed by atoms with Crippen LogP contribution >= 0.6 is 11.6 Å². The SMILES string of the molecule is CC(CCCl)CNC(=O)c1ccc(C#N)cc1. The van der Waals surface area contributed by atoms with Gasteiger partial charge in [-0.3, -0.25) is 4.79 Å². The maximum atomic E-state index is 11.7. The summed E-state index contributed by atoms with van der Waals surface area (Å²) in [6.45, 7) is 2.66. The average molecular weight is 251 g/mol. The van der Waals surface area contributed by atoms with E-state index in [1.54, 1.807) is 24.3 Å². The predicted octanol–water partition coefficient (Wildman–Crippen LogP) is 2.55. The van der Waals surface area contributed by atoms with Gasteiger partial charge in [0.2, 0.25) is 0 Å². The molecule has 0 aromatic heterocycles. The van der Waals surface area contributed by atoms with Crippen LogP contribution in [0.15, 0.2) is 24.3 Å². The number of hydrogen-bond donors (Lipinski definition) is 1. The molecular formula is C13H15ClN2O. The topological polar surface area (TPSA) is 52.9 Å². The monoisotopic (exact) mass is 250 g/mol. The quantitative estimate of drug-likeness (QED) is 0.817. The van der Waals surface area contributed by atoms with E-state index in [1.807, 2.05) is 13.0 Å². The van der Waals surface area contributed by atoms with Gasteiger partial charge in [-0.15, -0.1) is 11.6 Å². The lowest BCUT2D eigenvalue weighted by Gasteiger charge is -2.10. The summed E-state index contributed by atoms with van der Waals surface area (Å²) >= 11 is 5.62. The third kappa shape index (κ3) is 4.46. The second kappa shape index (κ2) is 6.93. The second-order valence-corrected chi connectivity index (χ2v) is 4.36. The fourth-order valence-electron chi connectivity index (χ4n) is 1.35. The molecule has 0 heterocycles. The molecular weight excluding hydrogens is 236 g/mol. The first-order valence-corrected chi connectivity index (χ1v) is 6.05. The van der Waals surface area contributed by atoms with Crippen LogP contribution in [0.4, 0.5) is 0 Å². The fourth-order valence-corrected chi connectivity index (χ4v) is 1.73.